The van der Waals surface area contributed by atoms with Crippen LogP contribution < -0.4 is 20.3 Å². The van der Waals surface area contributed by atoms with Crippen LogP contribution in [0.1, 0.15) is 70.7 Å². The smallest absolute Gasteiger partial charge is 0.280 e. The largest absolute Gasteiger partial charge is 0.497 e. The molecule has 0 saturated carbocycles. The van der Waals surface area contributed by atoms with E-state index in [1.165, 1.54) is 6.33 Å². The first-order valence-corrected chi connectivity index (χ1v) is 23.2. The highest BCUT2D eigenvalue weighted by Crippen LogP contribution is 2.50. The van der Waals surface area contributed by atoms with Gasteiger partial charge in [-0.1, -0.05) is 68.4 Å². The molecule has 5 aromatic rings. The van der Waals surface area contributed by atoms with Gasteiger partial charge in [0.1, 0.15) is 35.4 Å². The van der Waals surface area contributed by atoms with Crippen molar-refractivity contribution in [2.45, 2.75) is 90.0 Å². The number of anilines is 1. The summed E-state index contributed by atoms with van der Waals surface area (Å²) >= 11 is 0. The number of rotatable bonds is 23. The molecule has 0 bridgehead atoms. The third-order valence-electron chi connectivity index (χ3n) is 11.2. The van der Waals surface area contributed by atoms with Gasteiger partial charge in [-0.2, -0.15) is 10.2 Å². The van der Waals surface area contributed by atoms with Crippen molar-refractivity contribution in [3.05, 3.63) is 112 Å². The fourth-order valence-electron chi connectivity index (χ4n) is 7.99. The first-order valence-electron chi connectivity index (χ1n) is 22.1. The molecule has 2 aromatic heterocycles. The molecule has 1 aliphatic heterocycles. The van der Waals surface area contributed by atoms with Crippen molar-refractivity contribution in [1.29, 1.82) is 5.26 Å². The number of ether oxygens (including phenoxy) is 6. The fourth-order valence-corrected chi connectivity index (χ4v) is 9.76. The number of fused-ring (bicyclic) bond motifs is 1. The third kappa shape index (κ3) is 11.4. The van der Waals surface area contributed by atoms with Gasteiger partial charge in [-0.25, -0.2) is 9.65 Å². The van der Waals surface area contributed by atoms with Crippen LogP contribution in [0.15, 0.2) is 90.0 Å². The van der Waals surface area contributed by atoms with E-state index in [-0.39, 0.29) is 80.5 Å². The molecule has 354 valence electrons. The van der Waals surface area contributed by atoms with Crippen LogP contribution in [0.4, 0.5) is 5.95 Å². The fraction of sp³-hybridized carbons (Fsp3) is 0.479. The van der Waals surface area contributed by atoms with E-state index in [0.29, 0.717) is 11.5 Å². The molecule has 3 aromatic carbocycles. The molecule has 1 unspecified atom stereocenters. The van der Waals surface area contributed by atoms with Gasteiger partial charge in [0, 0.05) is 25.1 Å². The summed E-state index contributed by atoms with van der Waals surface area (Å²) in [5.41, 5.74) is 1.06. The molecule has 3 heterocycles. The molecule has 1 aliphatic rings. The summed E-state index contributed by atoms with van der Waals surface area (Å²) in [5, 5.41) is 12.3. The molecule has 1 saturated heterocycles. The van der Waals surface area contributed by atoms with Crippen molar-refractivity contribution in [1.82, 2.24) is 24.2 Å². The minimum atomic E-state index is -1.86. The van der Waals surface area contributed by atoms with Crippen molar-refractivity contribution >= 4 is 31.5 Å². The van der Waals surface area contributed by atoms with E-state index in [4.69, 9.17) is 37.5 Å². The Balaban J connectivity index is 1.51. The topological polar surface area (TPSA) is 194 Å². The number of imidazole rings is 1. The quantitative estimate of drug-likeness (QED) is 0.0375. The van der Waals surface area contributed by atoms with E-state index in [1.54, 1.807) is 39.7 Å². The maximum absolute atomic E-state index is 13.4. The molecule has 1 fully saturated rings. The zero-order valence-electron chi connectivity index (χ0n) is 39.1. The number of carbonyl (C=O) groups is 1. The van der Waals surface area contributed by atoms with Crippen molar-refractivity contribution < 1.29 is 42.3 Å². The second kappa shape index (κ2) is 23.4. The Morgan fingerprint density at radius 2 is 1.53 bits per heavy atom. The second-order valence-electron chi connectivity index (χ2n) is 16.6. The van der Waals surface area contributed by atoms with Crippen LogP contribution in [0.5, 0.6) is 11.5 Å². The lowest BCUT2D eigenvalue weighted by atomic mass is 9.80. The van der Waals surface area contributed by atoms with Gasteiger partial charge in [-0.05, 0) is 68.7 Å². The van der Waals surface area contributed by atoms with Gasteiger partial charge in [-0.3, -0.25) is 19.9 Å². The van der Waals surface area contributed by atoms with Crippen LogP contribution >= 0.6 is 8.53 Å². The standard InChI is InChI=1S/C48H62N7O10P/c1-31(2)45(56)52-47-51-44-41(46(57)53-47)50-30-54(44)39-28-62-40(43(42(39)61-27-26-58-7)65-66(64-25-13-24-49)55(32(3)4)33(5)6)29-63-48(34-14-11-10-12-15-34,35-16-20-37(59-8)21-17-35)36-18-22-38(60-9)23-19-36/h10-12,14-23,30-33,39-40,42-43H,13,25-29H2,1-9H3,(H2,51,52,53,56,57)/t39-,40-,42+,43-,66?/m1/s1. The number of methoxy groups -OCH3 is 3. The van der Waals surface area contributed by atoms with E-state index >= 15 is 0 Å². The summed E-state index contributed by atoms with van der Waals surface area (Å²) in [6, 6.07) is 27.0. The van der Waals surface area contributed by atoms with Crippen molar-refractivity contribution in [3.63, 3.8) is 0 Å². The summed E-state index contributed by atoms with van der Waals surface area (Å²) in [4.78, 5) is 38.0. The molecule has 18 heteroatoms. The van der Waals surface area contributed by atoms with Gasteiger partial charge >= 0.3 is 0 Å². The number of amides is 1. The zero-order valence-corrected chi connectivity index (χ0v) is 40.0. The van der Waals surface area contributed by atoms with Gasteiger partial charge in [-0.15, -0.1) is 0 Å². The first-order chi connectivity index (χ1) is 31.9. The van der Waals surface area contributed by atoms with E-state index in [0.717, 1.165) is 16.7 Å². The molecular formula is C48H62N7O10P. The number of carbonyl (C=O) groups excluding carboxylic acids is 1. The highest BCUT2D eigenvalue weighted by atomic mass is 31.2. The van der Waals surface area contributed by atoms with Gasteiger partial charge in [0.15, 0.2) is 11.2 Å². The summed E-state index contributed by atoms with van der Waals surface area (Å²) in [7, 11) is 2.98. The normalized spacial score (nSPS) is 18.2. The lowest BCUT2D eigenvalue weighted by molar-refractivity contribution is -0.194. The number of aromatic nitrogens is 4. The molecule has 2 N–H and O–H groups in total. The molecule has 5 atom stereocenters. The Hall–Kier alpha value is -5.28. The average Bonchev–Trinajstić information content (AvgIpc) is 3.74. The number of nitriles is 1. The zero-order chi connectivity index (χ0) is 47.4. The van der Waals surface area contributed by atoms with Crippen LogP contribution in [-0.2, 0) is 38.4 Å². The molecule has 0 radical (unpaired) electrons. The van der Waals surface area contributed by atoms with Crippen LogP contribution in [0.25, 0.3) is 11.2 Å². The summed E-state index contributed by atoms with van der Waals surface area (Å²) < 4.78 is 55.4. The average molecular weight is 928 g/mol. The Kier molecular flexibility index (Phi) is 17.8. The number of nitrogens with one attached hydrogen (secondary N) is 2. The lowest BCUT2D eigenvalue weighted by Gasteiger charge is -2.46. The van der Waals surface area contributed by atoms with Crippen molar-refractivity contribution in [2.24, 2.45) is 5.92 Å². The number of aromatic amines is 1. The van der Waals surface area contributed by atoms with Gasteiger partial charge < -0.3 is 42.0 Å². The van der Waals surface area contributed by atoms with Gasteiger partial charge in [0.25, 0.3) is 14.1 Å². The lowest BCUT2D eigenvalue weighted by Crippen LogP contribution is -2.55. The first kappa shape index (κ1) is 50.1. The Labute approximate surface area is 387 Å². The molecular weight excluding hydrogens is 866 g/mol. The number of nitrogens with zero attached hydrogens (tertiary/aromatic N) is 5. The second-order valence-corrected chi connectivity index (χ2v) is 18.0. The van der Waals surface area contributed by atoms with E-state index in [2.05, 4.69) is 58.7 Å². The maximum Gasteiger partial charge on any atom is 0.280 e. The van der Waals surface area contributed by atoms with E-state index in [1.807, 2.05) is 78.9 Å². The number of hydrogen-bond acceptors (Lipinski definition) is 14. The molecule has 0 spiro atoms. The highest BCUT2D eigenvalue weighted by Gasteiger charge is 2.48. The predicted molar refractivity (Wildman–Crippen MR) is 250 cm³/mol. The monoisotopic (exact) mass is 927 g/mol. The van der Waals surface area contributed by atoms with E-state index in [9.17, 15) is 14.9 Å². The van der Waals surface area contributed by atoms with Crippen LogP contribution in [0.2, 0.25) is 0 Å². The number of H-pyrrole nitrogens is 1. The van der Waals surface area contributed by atoms with Crippen LogP contribution in [0.3, 0.4) is 0 Å². The van der Waals surface area contributed by atoms with Crippen LogP contribution in [-0.4, -0.2) is 115 Å². The molecule has 66 heavy (non-hydrogen) atoms. The molecule has 17 nitrogen and oxygen atoms in total. The number of hydrogen-bond donors (Lipinski definition) is 2. The third-order valence-corrected chi connectivity index (χ3v) is 13.3. The maximum atomic E-state index is 13.4. The summed E-state index contributed by atoms with van der Waals surface area (Å²) in [6.45, 7) is 12.3. The minimum Gasteiger partial charge on any atom is -0.497 e. The Bertz CT molecular complexity index is 2350. The SMILES string of the molecule is COCCO[C@@H]1[C@H](OP(OCCC#N)N(C(C)C)C(C)C)[C@@H](COC(c2ccccc2)(c2ccc(OC)cc2)c2ccc(OC)cc2)OC[C@H]1n1cnc2c(=O)[nH]c(NC(=O)C(C)C)nc21. The van der Waals surface area contributed by atoms with Crippen molar-refractivity contribution in [3.8, 4) is 17.6 Å². The summed E-state index contributed by atoms with van der Waals surface area (Å²) in [6.07, 6.45) is -0.853. The minimum absolute atomic E-state index is 0.0196. The molecule has 1 amide bonds. The van der Waals surface area contributed by atoms with Crippen LogP contribution in [0, 0.1) is 17.2 Å². The highest BCUT2D eigenvalue weighted by molar-refractivity contribution is 7.44. The molecule has 6 rings (SSSR count). The van der Waals surface area contributed by atoms with Gasteiger partial charge in [0.05, 0.1) is 72.1 Å². The van der Waals surface area contributed by atoms with Crippen molar-refractivity contribution in [2.75, 3.05) is 59.7 Å². The Morgan fingerprint density at radius 1 is 0.909 bits per heavy atom. The summed E-state index contributed by atoms with van der Waals surface area (Å²) in [5.74, 6) is 0.666. The number of benzene rings is 3. The van der Waals surface area contributed by atoms with Gasteiger partial charge in [0.2, 0.25) is 11.9 Å². The molecule has 0 aliphatic carbocycles. The van der Waals surface area contributed by atoms with E-state index < -0.39 is 44.0 Å². The predicted octanol–water partition coefficient (Wildman–Crippen LogP) is 7.37. The Morgan fingerprint density at radius 3 is 2.09 bits per heavy atom.